The van der Waals surface area contributed by atoms with Crippen LogP contribution in [0.5, 0.6) is 0 Å². The molecule has 176 valence electrons. The Labute approximate surface area is 209 Å². The minimum atomic E-state index is -0.405. The molecule has 5 rings (SSSR count). The predicted molar refractivity (Wildman–Crippen MR) is 136 cm³/mol. The number of nitrogens with zero attached hydrogens (tertiary/aromatic N) is 4. The van der Waals surface area contributed by atoms with Gasteiger partial charge < -0.3 is 15.6 Å². The summed E-state index contributed by atoms with van der Waals surface area (Å²) in [5.41, 5.74) is 2.79. The van der Waals surface area contributed by atoms with Crippen molar-refractivity contribution < 1.29 is 9.59 Å². The molecule has 0 bridgehead atoms. The summed E-state index contributed by atoms with van der Waals surface area (Å²) in [6.07, 6.45) is 0. The van der Waals surface area contributed by atoms with Crippen molar-refractivity contribution in [3.8, 4) is 17.5 Å². The molecule has 0 unspecified atom stereocenters. The molecular formula is C25H18N8O2S. The van der Waals surface area contributed by atoms with E-state index in [1.165, 1.54) is 11.8 Å². The maximum atomic E-state index is 13.1. The first kappa shape index (κ1) is 22.8. The number of para-hydroxylation sites is 1. The van der Waals surface area contributed by atoms with Crippen LogP contribution in [0, 0.1) is 11.3 Å². The number of carbonyl (C=O) groups is 2. The Kier molecular flexibility index (Phi) is 6.42. The lowest BCUT2D eigenvalue weighted by Gasteiger charge is -2.08. The molecule has 2 aromatic heterocycles. The normalized spacial score (nSPS) is 10.6. The number of nitrogens with one attached hydrogen (secondary N) is 4. The molecule has 2 heterocycles. The van der Waals surface area contributed by atoms with Gasteiger partial charge in [-0.25, -0.2) is 0 Å². The highest BCUT2D eigenvalue weighted by Gasteiger charge is 2.17. The van der Waals surface area contributed by atoms with Crippen molar-refractivity contribution in [1.82, 2.24) is 25.6 Å². The van der Waals surface area contributed by atoms with Gasteiger partial charge in [-0.2, -0.15) is 10.5 Å². The fraction of sp³-hybridized carbons (Fsp3) is 0.0400. The number of tetrazole rings is 1. The standard InChI is InChI=1S/C25H18N8O2S/c26-13-15-9-10-19(18(11-15)24-30-32-33-31-24)29-25(35)21-12-16-5-4-8-20(23(16)28-21)27-22(34)14-36-17-6-2-1-3-7-17/h1-12,28H,14H2,(H,27,34)(H,29,35)(H,30,31,32,33). The van der Waals surface area contributed by atoms with Gasteiger partial charge in [0.1, 0.15) is 5.69 Å². The molecule has 11 heteroatoms. The van der Waals surface area contributed by atoms with Crippen molar-refractivity contribution in [2.75, 3.05) is 16.4 Å². The van der Waals surface area contributed by atoms with Gasteiger partial charge in [0.2, 0.25) is 11.7 Å². The number of carbonyl (C=O) groups excluding carboxylic acids is 2. The minimum Gasteiger partial charge on any atom is -0.349 e. The highest BCUT2D eigenvalue weighted by Crippen LogP contribution is 2.28. The molecule has 0 radical (unpaired) electrons. The molecular weight excluding hydrogens is 476 g/mol. The third-order valence-corrected chi connectivity index (χ3v) is 6.28. The highest BCUT2D eigenvalue weighted by atomic mass is 32.2. The summed E-state index contributed by atoms with van der Waals surface area (Å²) in [6.45, 7) is 0. The van der Waals surface area contributed by atoms with E-state index in [1.807, 2.05) is 42.5 Å². The van der Waals surface area contributed by atoms with Crippen LogP contribution in [0.3, 0.4) is 0 Å². The van der Waals surface area contributed by atoms with Crippen molar-refractivity contribution in [2.45, 2.75) is 4.90 Å². The molecule has 0 saturated carbocycles. The first-order valence-electron chi connectivity index (χ1n) is 10.8. The van der Waals surface area contributed by atoms with E-state index in [0.717, 1.165) is 10.3 Å². The third kappa shape index (κ3) is 4.94. The molecule has 0 atom stereocenters. The number of amides is 2. The van der Waals surface area contributed by atoms with Crippen LogP contribution < -0.4 is 10.6 Å². The van der Waals surface area contributed by atoms with Gasteiger partial charge in [0.25, 0.3) is 5.91 Å². The minimum absolute atomic E-state index is 0.153. The molecule has 36 heavy (non-hydrogen) atoms. The number of nitriles is 1. The van der Waals surface area contributed by atoms with E-state index in [9.17, 15) is 14.9 Å². The second kappa shape index (κ2) is 10.1. The molecule has 4 N–H and O–H groups in total. The van der Waals surface area contributed by atoms with Gasteiger partial charge in [0, 0.05) is 15.8 Å². The van der Waals surface area contributed by atoms with E-state index in [1.54, 1.807) is 30.3 Å². The summed E-state index contributed by atoms with van der Waals surface area (Å²) in [5.74, 6) is -0.0549. The summed E-state index contributed by atoms with van der Waals surface area (Å²) in [6, 6.07) is 23.7. The molecule has 5 aromatic rings. The summed E-state index contributed by atoms with van der Waals surface area (Å²) in [4.78, 5) is 29.7. The van der Waals surface area contributed by atoms with E-state index in [0.29, 0.717) is 33.7 Å². The molecule has 0 aliphatic carbocycles. The van der Waals surface area contributed by atoms with Gasteiger partial charge >= 0.3 is 0 Å². The number of hydrogen-bond acceptors (Lipinski definition) is 7. The van der Waals surface area contributed by atoms with E-state index in [4.69, 9.17) is 0 Å². The Morgan fingerprint density at radius 2 is 1.83 bits per heavy atom. The first-order chi connectivity index (χ1) is 17.6. The molecule has 0 spiro atoms. The number of thioether (sulfide) groups is 1. The average molecular weight is 495 g/mol. The topological polar surface area (TPSA) is 152 Å². The number of hydrogen-bond donors (Lipinski definition) is 4. The quantitative estimate of drug-likeness (QED) is 0.247. The lowest BCUT2D eigenvalue weighted by Crippen LogP contribution is -2.14. The lowest BCUT2D eigenvalue weighted by atomic mass is 10.1. The first-order valence-corrected chi connectivity index (χ1v) is 11.8. The number of fused-ring (bicyclic) bond motifs is 1. The fourth-order valence-corrected chi connectivity index (χ4v) is 4.33. The number of rotatable bonds is 7. The summed E-state index contributed by atoms with van der Waals surface area (Å²) in [7, 11) is 0. The fourth-order valence-electron chi connectivity index (χ4n) is 3.61. The van der Waals surface area contributed by atoms with Crippen LogP contribution in [0.2, 0.25) is 0 Å². The maximum Gasteiger partial charge on any atom is 0.272 e. The summed E-state index contributed by atoms with van der Waals surface area (Å²) >= 11 is 1.44. The van der Waals surface area contributed by atoms with Crippen molar-refractivity contribution in [1.29, 1.82) is 5.26 Å². The zero-order valence-electron chi connectivity index (χ0n) is 18.6. The SMILES string of the molecule is N#Cc1ccc(NC(=O)c2cc3cccc(NC(=O)CSc4ccccc4)c3[nH]2)c(-c2nn[nH]n2)c1. The van der Waals surface area contributed by atoms with Crippen LogP contribution in [0.4, 0.5) is 11.4 Å². The van der Waals surface area contributed by atoms with Crippen LogP contribution in [-0.2, 0) is 4.79 Å². The molecule has 2 amide bonds. The van der Waals surface area contributed by atoms with Gasteiger partial charge in [-0.15, -0.1) is 22.0 Å². The zero-order valence-corrected chi connectivity index (χ0v) is 19.5. The van der Waals surface area contributed by atoms with Crippen molar-refractivity contribution >= 4 is 45.9 Å². The zero-order chi connectivity index (χ0) is 24.9. The second-order valence-electron chi connectivity index (χ2n) is 7.66. The van der Waals surface area contributed by atoms with E-state index >= 15 is 0 Å². The van der Waals surface area contributed by atoms with Crippen molar-refractivity contribution in [3.05, 3.63) is 84.1 Å². The number of aromatic nitrogens is 5. The average Bonchev–Trinajstić information content (AvgIpc) is 3.59. The molecule has 0 fully saturated rings. The third-order valence-electron chi connectivity index (χ3n) is 5.27. The van der Waals surface area contributed by atoms with Gasteiger partial charge in [0.05, 0.1) is 34.3 Å². The van der Waals surface area contributed by atoms with Crippen molar-refractivity contribution in [3.63, 3.8) is 0 Å². The van der Waals surface area contributed by atoms with E-state index < -0.39 is 5.91 Å². The highest BCUT2D eigenvalue weighted by molar-refractivity contribution is 8.00. The Morgan fingerprint density at radius 1 is 0.972 bits per heavy atom. The van der Waals surface area contributed by atoms with Gasteiger partial charge in [0.15, 0.2) is 0 Å². The van der Waals surface area contributed by atoms with Gasteiger partial charge in [-0.3, -0.25) is 9.59 Å². The van der Waals surface area contributed by atoms with Crippen LogP contribution in [0.15, 0.2) is 77.7 Å². The molecule has 10 nitrogen and oxygen atoms in total. The Bertz CT molecular complexity index is 1590. The van der Waals surface area contributed by atoms with E-state index in [-0.39, 0.29) is 17.5 Å². The Balaban J connectivity index is 1.35. The largest absolute Gasteiger partial charge is 0.349 e. The Morgan fingerprint density at radius 3 is 2.61 bits per heavy atom. The van der Waals surface area contributed by atoms with Crippen LogP contribution in [0.1, 0.15) is 16.1 Å². The number of benzene rings is 3. The smallest absolute Gasteiger partial charge is 0.272 e. The van der Waals surface area contributed by atoms with Crippen molar-refractivity contribution in [2.24, 2.45) is 0 Å². The Hall–Kier alpha value is -4.95. The number of anilines is 2. The molecule has 3 aromatic carbocycles. The summed E-state index contributed by atoms with van der Waals surface area (Å²) < 4.78 is 0. The van der Waals surface area contributed by atoms with Crippen LogP contribution in [0.25, 0.3) is 22.3 Å². The number of aromatic amines is 2. The van der Waals surface area contributed by atoms with Crippen LogP contribution in [-0.4, -0.2) is 43.2 Å². The lowest BCUT2D eigenvalue weighted by molar-refractivity contribution is -0.113. The second-order valence-corrected chi connectivity index (χ2v) is 8.71. The van der Waals surface area contributed by atoms with Gasteiger partial charge in [-0.05, 0) is 47.7 Å². The monoisotopic (exact) mass is 494 g/mol. The van der Waals surface area contributed by atoms with Crippen LogP contribution >= 0.6 is 11.8 Å². The molecule has 0 aliphatic heterocycles. The molecule has 0 aliphatic rings. The maximum absolute atomic E-state index is 13.1. The number of H-pyrrole nitrogens is 2. The molecule has 0 saturated heterocycles. The van der Waals surface area contributed by atoms with E-state index in [2.05, 4.69) is 42.3 Å². The predicted octanol–water partition coefficient (Wildman–Crippen LogP) is 4.20. The summed E-state index contributed by atoms with van der Waals surface area (Å²) in [5, 5.41) is 29.6. The van der Waals surface area contributed by atoms with Gasteiger partial charge in [-0.1, -0.05) is 30.3 Å².